The van der Waals surface area contributed by atoms with Crippen LogP contribution in [0.1, 0.15) is 44.9 Å². The molecule has 0 aromatic rings. The Morgan fingerprint density at radius 1 is 0.737 bits per heavy atom. The van der Waals surface area contributed by atoms with Crippen molar-refractivity contribution in [2.45, 2.75) is 44.9 Å². The van der Waals surface area contributed by atoms with E-state index in [4.69, 9.17) is 0 Å². The number of hydrogen-bond acceptors (Lipinski definition) is 5. The molecule has 0 heterocycles. The van der Waals surface area contributed by atoms with Crippen molar-refractivity contribution >= 4 is 5.78 Å². The summed E-state index contributed by atoms with van der Waals surface area (Å²) < 4.78 is 0. The highest BCUT2D eigenvalue weighted by Crippen LogP contribution is 2.50. The molecule has 1 fully saturated rings. The third-order valence-electron chi connectivity index (χ3n) is 4.64. The van der Waals surface area contributed by atoms with Crippen molar-refractivity contribution in [1.29, 1.82) is 0 Å². The van der Waals surface area contributed by atoms with Gasteiger partial charge in [-0.05, 0) is 38.5 Å². The van der Waals surface area contributed by atoms with Gasteiger partial charge in [0.25, 0.3) is 0 Å². The van der Waals surface area contributed by atoms with Crippen LogP contribution in [0.4, 0.5) is 0 Å². The maximum absolute atomic E-state index is 12.9. The van der Waals surface area contributed by atoms with Gasteiger partial charge in [-0.15, -0.1) is 0 Å². The summed E-state index contributed by atoms with van der Waals surface area (Å²) in [7, 11) is 0. The number of aliphatic hydroxyl groups is 4. The first kappa shape index (κ1) is 16.6. The fraction of sp³-hybridized carbons (Fsp3) is 0.929. The Bertz CT molecular complexity index is 241. The van der Waals surface area contributed by atoms with Crippen molar-refractivity contribution in [2.24, 2.45) is 10.8 Å². The van der Waals surface area contributed by atoms with Gasteiger partial charge in [-0.2, -0.15) is 0 Å². The average Bonchev–Trinajstić information content (AvgIpc) is 2.37. The lowest BCUT2D eigenvalue weighted by atomic mass is 9.56. The first-order valence-corrected chi connectivity index (χ1v) is 7.09. The maximum Gasteiger partial charge on any atom is 0.145 e. The first-order chi connectivity index (χ1) is 9.10. The summed E-state index contributed by atoms with van der Waals surface area (Å²) in [6.07, 6.45) is 3.58. The minimum Gasteiger partial charge on any atom is -0.396 e. The average molecular weight is 274 g/mol. The number of carbonyl (C=O) groups excluding carboxylic acids is 1. The van der Waals surface area contributed by atoms with Gasteiger partial charge in [0.05, 0.1) is 0 Å². The highest BCUT2D eigenvalue weighted by Gasteiger charge is 2.51. The number of aliphatic hydroxyl groups excluding tert-OH is 4. The normalized spacial score (nSPS) is 21.6. The van der Waals surface area contributed by atoms with Gasteiger partial charge in [-0.25, -0.2) is 0 Å². The predicted octanol–water partition coefficient (Wildman–Crippen LogP) is 0.242. The molecule has 0 amide bonds. The molecule has 1 aliphatic carbocycles. The Labute approximate surface area is 114 Å². The topological polar surface area (TPSA) is 98.0 Å². The molecule has 1 aliphatic rings. The van der Waals surface area contributed by atoms with Crippen LogP contribution in [-0.4, -0.2) is 52.6 Å². The largest absolute Gasteiger partial charge is 0.396 e. The SMILES string of the molecule is O=C1C(CCO)(CCO)CCCC1(CCO)CCO. The van der Waals surface area contributed by atoms with Gasteiger partial charge in [-0.3, -0.25) is 4.79 Å². The molecular weight excluding hydrogens is 248 g/mol. The molecular formula is C14H26O5. The van der Waals surface area contributed by atoms with Crippen LogP contribution in [0.25, 0.3) is 0 Å². The number of carbonyl (C=O) groups is 1. The van der Waals surface area contributed by atoms with Gasteiger partial charge in [0, 0.05) is 37.3 Å². The Kier molecular flexibility index (Phi) is 6.39. The van der Waals surface area contributed by atoms with Crippen LogP contribution in [0.2, 0.25) is 0 Å². The zero-order valence-electron chi connectivity index (χ0n) is 11.5. The minimum absolute atomic E-state index is 0.0115. The molecule has 5 nitrogen and oxygen atoms in total. The van der Waals surface area contributed by atoms with Crippen molar-refractivity contribution in [3.63, 3.8) is 0 Å². The summed E-state index contributed by atoms with van der Waals surface area (Å²) in [5, 5.41) is 36.9. The highest BCUT2D eigenvalue weighted by atomic mass is 16.3. The van der Waals surface area contributed by atoms with Crippen LogP contribution in [0.3, 0.4) is 0 Å². The van der Waals surface area contributed by atoms with Crippen molar-refractivity contribution in [1.82, 2.24) is 0 Å². The summed E-state index contributed by atoms with van der Waals surface area (Å²) >= 11 is 0. The van der Waals surface area contributed by atoms with Crippen molar-refractivity contribution in [3.8, 4) is 0 Å². The second-order valence-electron chi connectivity index (χ2n) is 5.64. The van der Waals surface area contributed by atoms with E-state index in [2.05, 4.69) is 0 Å². The van der Waals surface area contributed by atoms with Crippen LogP contribution in [0, 0.1) is 10.8 Å². The smallest absolute Gasteiger partial charge is 0.145 e. The van der Waals surface area contributed by atoms with Crippen LogP contribution >= 0.6 is 0 Å². The molecule has 0 aromatic heterocycles. The molecule has 19 heavy (non-hydrogen) atoms. The van der Waals surface area contributed by atoms with Crippen LogP contribution < -0.4 is 0 Å². The quantitative estimate of drug-likeness (QED) is 0.508. The van der Waals surface area contributed by atoms with Crippen LogP contribution in [0.5, 0.6) is 0 Å². The second kappa shape index (κ2) is 7.33. The van der Waals surface area contributed by atoms with E-state index in [0.717, 1.165) is 6.42 Å². The lowest BCUT2D eigenvalue weighted by molar-refractivity contribution is -0.149. The van der Waals surface area contributed by atoms with E-state index in [0.29, 0.717) is 38.5 Å². The van der Waals surface area contributed by atoms with E-state index >= 15 is 0 Å². The zero-order chi connectivity index (χ0) is 14.4. The molecule has 1 saturated carbocycles. The van der Waals surface area contributed by atoms with Crippen LogP contribution in [-0.2, 0) is 4.79 Å². The molecule has 0 atom stereocenters. The summed E-state index contributed by atoms with van der Waals surface area (Å²) in [6, 6.07) is 0. The number of ketones is 1. The fourth-order valence-corrected chi connectivity index (χ4v) is 3.61. The molecule has 0 bridgehead atoms. The van der Waals surface area contributed by atoms with Crippen molar-refractivity contribution < 1.29 is 25.2 Å². The monoisotopic (exact) mass is 274 g/mol. The lowest BCUT2D eigenvalue weighted by Crippen LogP contribution is -2.49. The van der Waals surface area contributed by atoms with Crippen molar-refractivity contribution in [2.75, 3.05) is 26.4 Å². The van der Waals surface area contributed by atoms with E-state index < -0.39 is 10.8 Å². The van der Waals surface area contributed by atoms with E-state index in [-0.39, 0.29) is 32.2 Å². The molecule has 0 radical (unpaired) electrons. The molecule has 0 spiro atoms. The maximum atomic E-state index is 12.9. The van der Waals surface area contributed by atoms with E-state index in [9.17, 15) is 25.2 Å². The third-order valence-corrected chi connectivity index (χ3v) is 4.64. The van der Waals surface area contributed by atoms with E-state index in [1.807, 2.05) is 0 Å². The molecule has 4 N–H and O–H groups in total. The standard InChI is InChI=1S/C14H26O5/c15-8-4-13(5-9-16)2-1-3-14(6-10-17,7-11-18)12(13)19/h15-18H,1-11H2. The van der Waals surface area contributed by atoms with Gasteiger partial charge >= 0.3 is 0 Å². The van der Waals surface area contributed by atoms with Gasteiger partial charge < -0.3 is 20.4 Å². The Balaban J connectivity index is 3.04. The predicted molar refractivity (Wildman–Crippen MR) is 70.5 cm³/mol. The highest BCUT2D eigenvalue weighted by molar-refractivity contribution is 5.91. The minimum atomic E-state index is -0.688. The third kappa shape index (κ3) is 3.34. The number of rotatable bonds is 8. The fourth-order valence-electron chi connectivity index (χ4n) is 3.61. The zero-order valence-corrected chi connectivity index (χ0v) is 11.5. The summed E-state index contributed by atoms with van der Waals surface area (Å²) in [5.74, 6) is 0.0115. The van der Waals surface area contributed by atoms with Gasteiger partial charge in [0.1, 0.15) is 5.78 Å². The Morgan fingerprint density at radius 2 is 1.05 bits per heavy atom. The number of hydrogen-bond donors (Lipinski definition) is 4. The molecule has 112 valence electrons. The van der Waals surface area contributed by atoms with E-state index in [1.165, 1.54) is 0 Å². The van der Waals surface area contributed by atoms with E-state index in [1.54, 1.807) is 0 Å². The molecule has 0 aromatic carbocycles. The summed E-state index contributed by atoms with van der Waals surface area (Å²) in [6.45, 7) is -0.333. The van der Waals surface area contributed by atoms with Gasteiger partial charge in [-0.1, -0.05) is 6.42 Å². The van der Waals surface area contributed by atoms with Crippen molar-refractivity contribution in [3.05, 3.63) is 0 Å². The molecule has 5 heteroatoms. The Morgan fingerprint density at radius 3 is 1.32 bits per heavy atom. The number of Topliss-reactive ketones (excluding diaryl/α,β-unsaturated/α-hetero) is 1. The summed E-state index contributed by atoms with van der Waals surface area (Å²) in [5.41, 5.74) is -1.38. The lowest BCUT2D eigenvalue weighted by Gasteiger charge is -2.46. The first-order valence-electron chi connectivity index (χ1n) is 7.09. The molecule has 0 aliphatic heterocycles. The molecule has 0 unspecified atom stereocenters. The van der Waals surface area contributed by atoms with Gasteiger partial charge in [0.15, 0.2) is 0 Å². The second-order valence-corrected chi connectivity index (χ2v) is 5.64. The Hall–Kier alpha value is -0.490. The van der Waals surface area contributed by atoms with Gasteiger partial charge in [0.2, 0.25) is 0 Å². The summed E-state index contributed by atoms with van der Waals surface area (Å²) in [4.78, 5) is 12.9. The molecule has 0 saturated heterocycles. The van der Waals surface area contributed by atoms with Crippen LogP contribution in [0.15, 0.2) is 0 Å². The molecule has 1 rings (SSSR count).